The van der Waals surface area contributed by atoms with E-state index < -0.39 is 0 Å². The molecule has 1 fully saturated rings. The number of phenols is 2. The molecule has 1 aliphatic rings. The van der Waals surface area contributed by atoms with Crippen molar-refractivity contribution in [3.63, 3.8) is 0 Å². The molecule has 1 saturated carbocycles. The molecule has 2 rings (SSSR count). The number of nitrogens with one attached hydrogen (secondary N) is 2. The molecule has 1 aromatic rings. The molecule has 0 aliphatic heterocycles. The Morgan fingerprint density at radius 1 is 1.33 bits per heavy atom. The highest BCUT2D eigenvalue weighted by Crippen LogP contribution is 2.26. The summed E-state index contributed by atoms with van der Waals surface area (Å²) in [5.41, 5.74) is 3.17. The number of hydrogen-bond acceptors (Lipinski definition) is 4. The zero-order valence-corrected chi connectivity index (χ0v) is 12.9. The summed E-state index contributed by atoms with van der Waals surface area (Å²) < 4.78 is 0. The molecule has 114 valence electrons. The van der Waals surface area contributed by atoms with Gasteiger partial charge in [-0.2, -0.15) is 5.10 Å². The van der Waals surface area contributed by atoms with Crippen molar-refractivity contribution in [3.05, 3.63) is 23.8 Å². The van der Waals surface area contributed by atoms with Gasteiger partial charge in [0.15, 0.2) is 16.6 Å². The monoisotopic (exact) mass is 307 g/mol. The van der Waals surface area contributed by atoms with E-state index >= 15 is 0 Å². The van der Waals surface area contributed by atoms with E-state index in [9.17, 15) is 10.2 Å². The molecule has 21 heavy (non-hydrogen) atoms. The van der Waals surface area contributed by atoms with E-state index in [1.165, 1.54) is 31.5 Å². The summed E-state index contributed by atoms with van der Waals surface area (Å²) in [5.74, 6) is 0.246. The first kappa shape index (κ1) is 15.6. The Morgan fingerprint density at radius 2 is 2.10 bits per heavy atom. The van der Waals surface area contributed by atoms with Gasteiger partial charge >= 0.3 is 0 Å². The summed E-state index contributed by atoms with van der Waals surface area (Å²) in [6.45, 7) is 2.23. The lowest BCUT2D eigenvalue weighted by Crippen LogP contribution is -2.44. The first-order chi connectivity index (χ1) is 10.1. The largest absolute Gasteiger partial charge is 0.504 e. The fourth-order valence-electron chi connectivity index (χ4n) is 2.54. The van der Waals surface area contributed by atoms with Crippen LogP contribution in [0.4, 0.5) is 0 Å². The Labute approximate surface area is 130 Å². The maximum atomic E-state index is 9.64. The van der Waals surface area contributed by atoms with Crippen LogP contribution in [0.1, 0.15) is 38.2 Å². The lowest BCUT2D eigenvalue weighted by molar-refractivity contribution is 0.308. The molecule has 0 radical (unpaired) electrons. The average molecular weight is 307 g/mol. The normalized spacial score (nSPS) is 22.1. The predicted octanol–water partition coefficient (Wildman–Crippen LogP) is 2.47. The Morgan fingerprint density at radius 3 is 2.86 bits per heavy atom. The molecule has 0 amide bonds. The zero-order chi connectivity index (χ0) is 15.2. The van der Waals surface area contributed by atoms with Gasteiger partial charge in [0.2, 0.25) is 0 Å². The average Bonchev–Trinajstić information content (AvgIpc) is 2.46. The fraction of sp³-hybridized carbons (Fsp3) is 0.467. The number of hydrazone groups is 1. The van der Waals surface area contributed by atoms with Gasteiger partial charge in [-0.3, -0.25) is 5.43 Å². The van der Waals surface area contributed by atoms with Gasteiger partial charge in [-0.05, 0) is 43.1 Å². The first-order valence-electron chi connectivity index (χ1n) is 7.18. The number of benzene rings is 1. The summed E-state index contributed by atoms with van der Waals surface area (Å²) >= 11 is 5.21. The molecule has 0 spiro atoms. The van der Waals surface area contributed by atoms with Crippen LogP contribution in [0.5, 0.6) is 11.5 Å². The molecule has 6 heteroatoms. The Balaban J connectivity index is 1.86. The van der Waals surface area contributed by atoms with Crippen molar-refractivity contribution >= 4 is 23.5 Å². The number of nitrogens with zero attached hydrogens (tertiary/aromatic N) is 1. The minimum absolute atomic E-state index is 0.171. The highest BCUT2D eigenvalue weighted by molar-refractivity contribution is 7.80. The summed E-state index contributed by atoms with van der Waals surface area (Å²) in [7, 11) is 0. The molecular weight excluding hydrogens is 286 g/mol. The number of rotatable bonds is 3. The SMILES string of the molecule is C[C@H]1CCCC[C@H]1NC(=S)N/N=C/c1cccc(O)c1O. The molecule has 0 heterocycles. The second-order valence-electron chi connectivity index (χ2n) is 5.43. The number of aromatic hydroxyl groups is 2. The van der Waals surface area contributed by atoms with Crippen LogP contribution >= 0.6 is 12.2 Å². The molecule has 0 unspecified atom stereocenters. The van der Waals surface area contributed by atoms with E-state index in [1.807, 2.05) is 0 Å². The van der Waals surface area contributed by atoms with Gasteiger partial charge in [0.25, 0.3) is 0 Å². The van der Waals surface area contributed by atoms with Crippen molar-refractivity contribution in [2.24, 2.45) is 11.0 Å². The van der Waals surface area contributed by atoms with Crippen LogP contribution in [0.2, 0.25) is 0 Å². The van der Waals surface area contributed by atoms with Crippen LogP contribution in [0, 0.1) is 5.92 Å². The van der Waals surface area contributed by atoms with Crippen LogP contribution in [0.15, 0.2) is 23.3 Å². The van der Waals surface area contributed by atoms with Crippen LogP contribution < -0.4 is 10.7 Å². The topological polar surface area (TPSA) is 76.9 Å². The van der Waals surface area contributed by atoms with Crippen molar-refractivity contribution in [2.45, 2.75) is 38.6 Å². The molecule has 2 atom stereocenters. The lowest BCUT2D eigenvalue weighted by Gasteiger charge is -2.30. The van der Waals surface area contributed by atoms with Gasteiger partial charge in [-0.1, -0.05) is 25.8 Å². The molecule has 4 N–H and O–H groups in total. The molecule has 1 aromatic carbocycles. The number of thiocarbonyl (C=S) groups is 1. The molecule has 0 saturated heterocycles. The van der Waals surface area contributed by atoms with Gasteiger partial charge < -0.3 is 15.5 Å². The van der Waals surface area contributed by atoms with E-state index in [-0.39, 0.29) is 11.5 Å². The van der Waals surface area contributed by atoms with Crippen molar-refractivity contribution in [2.75, 3.05) is 0 Å². The third-order valence-electron chi connectivity index (χ3n) is 3.84. The van der Waals surface area contributed by atoms with Crippen molar-refractivity contribution in [1.82, 2.24) is 10.7 Å². The Hall–Kier alpha value is -1.82. The Kier molecular flexibility index (Phi) is 5.38. The van der Waals surface area contributed by atoms with E-state index in [2.05, 4.69) is 22.8 Å². The summed E-state index contributed by atoms with van der Waals surface area (Å²) in [6, 6.07) is 5.09. The minimum atomic E-state index is -0.192. The van der Waals surface area contributed by atoms with Crippen molar-refractivity contribution in [1.29, 1.82) is 0 Å². The van der Waals surface area contributed by atoms with Crippen LogP contribution in [-0.2, 0) is 0 Å². The van der Waals surface area contributed by atoms with E-state index in [4.69, 9.17) is 12.2 Å². The fourth-order valence-corrected chi connectivity index (χ4v) is 2.75. The second-order valence-corrected chi connectivity index (χ2v) is 5.83. The van der Waals surface area contributed by atoms with Gasteiger partial charge in [-0.15, -0.1) is 0 Å². The smallest absolute Gasteiger partial charge is 0.187 e. The maximum Gasteiger partial charge on any atom is 0.187 e. The summed E-state index contributed by atoms with van der Waals surface area (Å²) in [5, 5.41) is 26.8. The van der Waals surface area contributed by atoms with Crippen LogP contribution in [0.3, 0.4) is 0 Å². The predicted molar refractivity (Wildman–Crippen MR) is 87.7 cm³/mol. The third kappa shape index (κ3) is 4.32. The first-order valence-corrected chi connectivity index (χ1v) is 7.59. The van der Waals surface area contributed by atoms with E-state index in [0.29, 0.717) is 22.6 Å². The molecule has 0 aromatic heterocycles. The summed E-state index contributed by atoms with van der Waals surface area (Å²) in [6.07, 6.45) is 6.29. The van der Waals surface area contributed by atoms with E-state index in [0.717, 1.165) is 6.42 Å². The number of phenolic OH excluding ortho intramolecular Hbond substituents is 2. The van der Waals surface area contributed by atoms with Crippen LogP contribution in [0.25, 0.3) is 0 Å². The number of hydrogen-bond donors (Lipinski definition) is 4. The lowest BCUT2D eigenvalue weighted by atomic mass is 9.86. The molecule has 1 aliphatic carbocycles. The van der Waals surface area contributed by atoms with Crippen molar-refractivity contribution in [3.8, 4) is 11.5 Å². The van der Waals surface area contributed by atoms with Crippen LogP contribution in [-0.4, -0.2) is 27.6 Å². The zero-order valence-electron chi connectivity index (χ0n) is 12.0. The van der Waals surface area contributed by atoms with E-state index in [1.54, 1.807) is 12.1 Å². The van der Waals surface area contributed by atoms with Gasteiger partial charge in [0.05, 0.1) is 6.21 Å². The summed E-state index contributed by atoms with van der Waals surface area (Å²) in [4.78, 5) is 0. The number of para-hydroxylation sites is 1. The third-order valence-corrected chi connectivity index (χ3v) is 4.05. The van der Waals surface area contributed by atoms with Gasteiger partial charge in [0, 0.05) is 11.6 Å². The highest BCUT2D eigenvalue weighted by Gasteiger charge is 2.21. The highest BCUT2D eigenvalue weighted by atomic mass is 32.1. The Bertz CT molecular complexity index is 534. The van der Waals surface area contributed by atoms with Gasteiger partial charge in [0.1, 0.15) is 0 Å². The standard InChI is InChI=1S/C15H21N3O2S/c1-10-5-2-3-7-12(10)17-15(21)18-16-9-11-6-4-8-13(19)14(11)20/h4,6,8-10,12,19-20H,2-3,5,7H2,1H3,(H2,17,18,21)/b16-9+/t10-,12+/m0/s1. The molecule has 0 bridgehead atoms. The molecular formula is C15H21N3O2S. The molecule has 5 nitrogen and oxygen atoms in total. The second kappa shape index (κ2) is 7.26. The quantitative estimate of drug-likeness (QED) is 0.299. The minimum Gasteiger partial charge on any atom is -0.504 e. The van der Waals surface area contributed by atoms with Gasteiger partial charge in [-0.25, -0.2) is 0 Å². The van der Waals surface area contributed by atoms with Crippen molar-refractivity contribution < 1.29 is 10.2 Å². The maximum absolute atomic E-state index is 9.64.